The zero-order chi connectivity index (χ0) is 19.4. The summed E-state index contributed by atoms with van der Waals surface area (Å²) in [7, 11) is 2.28. The van der Waals surface area contributed by atoms with Crippen LogP contribution < -0.4 is 16.2 Å². The molecule has 3 N–H and O–H groups in total. The lowest BCUT2D eigenvalue weighted by Gasteiger charge is -2.31. The van der Waals surface area contributed by atoms with Gasteiger partial charge in [-0.05, 0) is 24.3 Å². The quantitative estimate of drug-likeness (QED) is 0.473. The van der Waals surface area contributed by atoms with Gasteiger partial charge in [0.2, 0.25) is 0 Å². The molecule has 0 unspecified atom stereocenters. The number of barbiturate groups is 1. The van der Waals surface area contributed by atoms with Crippen molar-refractivity contribution in [2.24, 2.45) is 5.92 Å². The summed E-state index contributed by atoms with van der Waals surface area (Å²) in [5, 5.41) is 11.1. The number of imide groups is 2. The molecule has 1 saturated heterocycles. The second kappa shape index (κ2) is 7.31. The SMILES string of the molecule is CN1C(=O)C(C(=O)NNC(=O)Nc2ccc(C#N)cc2)C(=O)N(C)C1=O. The summed E-state index contributed by atoms with van der Waals surface area (Å²) >= 11 is 0. The van der Waals surface area contributed by atoms with E-state index >= 15 is 0 Å². The van der Waals surface area contributed by atoms with Crippen LogP contribution in [0.3, 0.4) is 0 Å². The van der Waals surface area contributed by atoms with Crippen molar-refractivity contribution in [3.8, 4) is 6.07 Å². The van der Waals surface area contributed by atoms with Crippen LogP contribution in [0.2, 0.25) is 0 Å². The van der Waals surface area contributed by atoms with Gasteiger partial charge >= 0.3 is 12.1 Å². The summed E-state index contributed by atoms with van der Waals surface area (Å²) in [4.78, 5) is 60.6. The predicted molar refractivity (Wildman–Crippen MR) is 85.9 cm³/mol. The Bertz CT molecular complexity index is 804. The van der Waals surface area contributed by atoms with Gasteiger partial charge in [-0.15, -0.1) is 0 Å². The van der Waals surface area contributed by atoms with E-state index in [0.717, 1.165) is 14.1 Å². The number of hydrogen-bond acceptors (Lipinski definition) is 6. The molecule has 7 amide bonds. The van der Waals surface area contributed by atoms with Gasteiger partial charge in [-0.3, -0.25) is 29.6 Å². The van der Waals surface area contributed by atoms with Gasteiger partial charge in [0.1, 0.15) is 0 Å². The van der Waals surface area contributed by atoms with Crippen molar-refractivity contribution in [3.05, 3.63) is 29.8 Å². The predicted octanol–water partition coefficient (Wildman–Crippen LogP) is -0.622. The first kappa shape index (κ1) is 18.4. The van der Waals surface area contributed by atoms with E-state index in [1.54, 1.807) is 0 Å². The summed E-state index contributed by atoms with van der Waals surface area (Å²) in [6, 6.07) is 6.15. The topological polar surface area (TPSA) is 152 Å². The van der Waals surface area contributed by atoms with Crippen LogP contribution in [0.5, 0.6) is 0 Å². The fraction of sp³-hybridized carbons (Fsp3) is 0.200. The Balaban J connectivity index is 1.95. The highest BCUT2D eigenvalue weighted by molar-refractivity contribution is 6.25. The number of rotatable bonds is 2. The first-order chi connectivity index (χ1) is 12.3. The second-order valence-corrected chi connectivity index (χ2v) is 5.27. The van der Waals surface area contributed by atoms with Crippen LogP contribution in [-0.2, 0) is 14.4 Å². The molecule has 2 rings (SSSR count). The fourth-order valence-electron chi connectivity index (χ4n) is 2.11. The zero-order valence-corrected chi connectivity index (χ0v) is 13.8. The Morgan fingerprint density at radius 2 is 1.54 bits per heavy atom. The molecule has 0 aromatic heterocycles. The third-order valence-corrected chi connectivity index (χ3v) is 3.56. The van der Waals surface area contributed by atoms with Crippen LogP contribution in [-0.4, -0.2) is 53.7 Å². The van der Waals surface area contributed by atoms with Crippen molar-refractivity contribution in [3.63, 3.8) is 0 Å². The van der Waals surface area contributed by atoms with E-state index in [2.05, 4.69) is 5.32 Å². The van der Waals surface area contributed by atoms with Crippen molar-refractivity contribution < 1.29 is 24.0 Å². The summed E-state index contributed by atoms with van der Waals surface area (Å²) < 4.78 is 0. The lowest BCUT2D eigenvalue weighted by Crippen LogP contribution is -2.62. The summed E-state index contributed by atoms with van der Waals surface area (Å²) in [6.45, 7) is 0. The number of nitrogens with zero attached hydrogens (tertiary/aromatic N) is 3. The third-order valence-electron chi connectivity index (χ3n) is 3.56. The minimum atomic E-state index is -1.78. The number of urea groups is 2. The average Bonchev–Trinajstić information content (AvgIpc) is 2.64. The van der Waals surface area contributed by atoms with E-state index in [1.165, 1.54) is 24.3 Å². The van der Waals surface area contributed by atoms with Gasteiger partial charge in [0.25, 0.3) is 17.7 Å². The fourth-order valence-corrected chi connectivity index (χ4v) is 2.11. The van der Waals surface area contributed by atoms with Crippen molar-refractivity contribution in [1.29, 1.82) is 5.26 Å². The van der Waals surface area contributed by atoms with Crippen molar-refractivity contribution in [2.45, 2.75) is 0 Å². The highest BCUT2D eigenvalue weighted by Crippen LogP contribution is 2.15. The van der Waals surface area contributed by atoms with E-state index in [9.17, 15) is 24.0 Å². The highest BCUT2D eigenvalue weighted by atomic mass is 16.2. The molecule has 1 aromatic carbocycles. The Morgan fingerprint density at radius 3 is 2.04 bits per heavy atom. The number of benzene rings is 1. The summed E-state index contributed by atoms with van der Waals surface area (Å²) in [5.74, 6) is -4.85. The molecule has 0 saturated carbocycles. The molecule has 1 heterocycles. The van der Waals surface area contributed by atoms with Gasteiger partial charge in [0.15, 0.2) is 5.92 Å². The molecule has 1 aliphatic rings. The van der Waals surface area contributed by atoms with Gasteiger partial charge in [-0.2, -0.15) is 5.26 Å². The molecule has 11 nitrogen and oxygen atoms in total. The van der Waals surface area contributed by atoms with Gasteiger partial charge in [0.05, 0.1) is 11.6 Å². The Hall–Kier alpha value is -3.94. The van der Waals surface area contributed by atoms with E-state index < -0.39 is 35.7 Å². The maximum Gasteiger partial charge on any atom is 0.337 e. The average molecular weight is 358 g/mol. The van der Waals surface area contributed by atoms with E-state index in [4.69, 9.17) is 5.26 Å². The van der Waals surface area contributed by atoms with Crippen molar-refractivity contribution >= 4 is 35.5 Å². The van der Waals surface area contributed by atoms with E-state index in [1.807, 2.05) is 16.9 Å². The monoisotopic (exact) mass is 358 g/mol. The molecule has 26 heavy (non-hydrogen) atoms. The standard InChI is InChI=1S/C15H14N6O5/c1-20-12(23)10(13(24)21(2)15(20)26)11(22)18-19-14(25)17-9-5-3-8(7-16)4-6-9/h3-6,10H,1-2H3,(H,18,22)(H2,17,19,25). The number of anilines is 1. The largest absolute Gasteiger partial charge is 0.337 e. The molecular formula is C15H14N6O5. The maximum absolute atomic E-state index is 12.1. The molecule has 1 aromatic rings. The number of amides is 7. The van der Waals surface area contributed by atoms with Crippen molar-refractivity contribution in [1.82, 2.24) is 20.7 Å². The first-order valence-corrected chi connectivity index (χ1v) is 7.22. The maximum atomic E-state index is 12.1. The van der Waals surface area contributed by atoms with Crippen LogP contribution in [0, 0.1) is 17.2 Å². The minimum absolute atomic E-state index is 0.352. The molecule has 1 aliphatic heterocycles. The Labute approximate surface area is 147 Å². The molecule has 0 atom stereocenters. The zero-order valence-electron chi connectivity index (χ0n) is 13.8. The number of hydrazine groups is 1. The molecule has 1 fully saturated rings. The van der Waals surface area contributed by atoms with Crippen LogP contribution in [0.25, 0.3) is 0 Å². The molecule has 0 aliphatic carbocycles. The lowest BCUT2D eigenvalue weighted by atomic mass is 10.0. The number of nitriles is 1. The van der Waals surface area contributed by atoms with Crippen LogP contribution in [0.1, 0.15) is 5.56 Å². The second-order valence-electron chi connectivity index (χ2n) is 5.27. The van der Waals surface area contributed by atoms with Gasteiger partial charge in [0, 0.05) is 19.8 Å². The molecule has 134 valence electrons. The summed E-state index contributed by atoms with van der Waals surface area (Å²) in [5.41, 5.74) is 4.71. The highest BCUT2D eigenvalue weighted by Gasteiger charge is 2.46. The number of nitrogens with one attached hydrogen (secondary N) is 3. The van der Waals surface area contributed by atoms with Crippen LogP contribution >= 0.6 is 0 Å². The molecule has 11 heteroatoms. The van der Waals surface area contributed by atoms with Crippen molar-refractivity contribution in [2.75, 3.05) is 19.4 Å². The molecule has 0 bridgehead atoms. The van der Waals surface area contributed by atoms with Gasteiger partial charge < -0.3 is 5.32 Å². The number of hydrogen-bond donors (Lipinski definition) is 3. The van der Waals surface area contributed by atoms with E-state index in [0.29, 0.717) is 21.1 Å². The third kappa shape index (κ3) is 3.59. The Kier molecular flexibility index (Phi) is 5.17. The van der Waals surface area contributed by atoms with Crippen LogP contribution in [0.15, 0.2) is 24.3 Å². The lowest BCUT2D eigenvalue weighted by molar-refractivity contribution is -0.152. The Morgan fingerprint density at radius 1 is 1.00 bits per heavy atom. The normalized spacial score (nSPS) is 14.7. The smallest absolute Gasteiger partial charge is 0.307 e. The van der Waals surface area contributed by atoms with E-state index in [-0.39, 0.29) is 0 Å². The molecular weight excluding hydrogens is 344 g/mol. The van der Waals surface area contributed by atoms with Gasteiger partial charge in [-0.1, -0.05) is 0 Å². The molecule has 0 spiro atoms. The minimum Gasteiger partial charge on any atom is -0.307 e. The number of carbonyl (C=O) groups excluding carboxylic acids is 5. The summed E-state index contributed by atoms with van der Waals surface area (Å²) in [6.07, 6.45) is 0. The first-order valence-electron chi connectivity index (χ1n) is 7.22. The van der Waals surface area contributed by atoms with Gasteiger partial charge in [-0.25, -0.2) is 15.0 Å². The molecule has 0 radical (unpaired) electrons. The van der Waals surface area contributed by atoms with Crippen LogP contribution in [0.4, 0.5) is 15.3 Å². The number of carbonyl (C=O) groups is 5.